The Morgan fingerprint density at radius 2 is 1.64 bits per heavy atom. The van der Waals surface area contributed by atoms with Crippen LogP contribution in [0.25, 0.3) is 0 Å². The first-order valence-corrected chi connectivity index (χ1v) is 9.31. The van der Waals surface area contributed by atoms with Crippen LogP contribution in [0.15, 0.2) is 30.3 Å². The van der Waals surface area contributed by atoms with E-state index in [1.807, 2.05) is 37.3 Å². The van der Waals surface area contributed by atoms with Crippen LogP contribution >= 0.6 is 0 Å². The van der Waals surface area contributed by atoms with E-state index in [1.165, 1.54) is 12.8 Å². The number of nitrogens with one attached hydrogen (secondary N) is 1. The fraction of sp³-hybridized carbons (Fsp3) is 0.600. The molecule has 1 amide bonds. The highest BCUT2D eigenvalue weighted by Gasteiger charge is 2.23. The Morgan fingerprint density at radius 3 is 2.32 bits per heavy atom. The van der Waals surface area contributed by atoms with Crippen LogP contribution < -0.4 is 5.32 Å². The van der Waals surface area contributed by atoms with E-state index in [2.05, 4.69) is 12.2 Å². The van der Waals surface area contributed by atoms with Crippen LogP contribution in [0.1, 0.15) is 57.9 Å². The van der Waals surface area contributed by atoms with Gasteiger partial charge in [0.1, 0.15) is 6.04 Å². The first-order chi connectivity index (χ1) is 12.2. The standard InChI is InChI=1S/C20H31NO4/c1-3-5-6-7-11-15-24-19(22)18(21-20(23)25-14-4-2)16-17-12-9-8-10-13-17/h8-10,12-13,18H,3-7,11,14-16H2,1-2H3,(H,21,23)/t18-/m0/s1. The number of rotatable bonds is 12. The molecule has 5 nitrogen and oxygen atoms in total. The zero-order valence-electron chi connectivity index (χ0n) is 15.5. The predicted octanol–water partition coefficient (Wildman–Crippen LogP) is 4.25. The van der Waals surface area contributed by atoms with E-state index in [1.54, 1.807) is 0 Å². The van der Waals surface area contributed by atoms with Crippen molar-refractivity contribution in [1.82, 2.24) is 5.32 Å². The second-order valence-corrected chi connectivity index (χ2v) is 6.10. The maximum absolute atomic E-state index is 12.4. The van der Waals surface area contributed by atoms with Gasteiger partial charge in [0, 0.05) is 6.42 Å². The molecule has 0 radical (unpaired) electrons. The van der Waals surface area contributed by atoms with Crippen LogP contribution in [-0.4, -0.2) is 31.3 Å². The Balaban J connectivity index is 2.50. The number of unbranched alkanes of at least 4 members (excludes halogenated alkanes) is 4. The minimum absolute atomic E-state index is 0.330. The van der Waals surface area contributed by atoms with E-state index in [9.17, 15) is 9.59 Å². The SMILES string of the molecule is CCCCCCCOC(=O)[C@H](Cc1ccccc1)NC(=O)OCCC. The lowest BCUT2D eigenvalue weighted by Gasteiger charge is -2.17. The zero-order valence-corrected chi connectivity index (χ0v) is 15.5. The van der Waals surface area contributed by atoms with Gasteiger partial charge in [-0.05, 0) is 18.4 Å². The van der Waals surface area contributed by atoms with Gasteiger partial charge in [0.25, 0.3) is 0 Å². The fourth-order valence-corrected chi connectivity index (χ4v) is 2.40. The van der Waals surface area contributed by atoms with Gasteiger partial charge in [-0.15, -0.1) is 0 Å². The summed E-state index contributed by atoms with van der Waals surface area (Å²) in [5.41, 5.74) is 0.961. The average Bonchev–Trinajstić information content (AvgIpc) is 2.63. The molecule has 25 heavy (non-hydrogen) atoms. The van der Waals surface area contributed by atoms with Gasteiger partial charge >= 0.3 is 12.1 Å². The Labute approximate surface area is 151 Å². The molecule has 0 saturated heterocycles. The van der Waals surface area contributed by atoms with Crippen molar-refractivity contribution in [1.29, 1.82) is 0 Å². The molecular weight excluding hydrogens is 318 g/mol. The number of esters is 1. The lowest BCUT2D eigenvalue weighted by Crippen LogP contribution is -2.43. The van der Waals surface area contributed by atoms with Crippen LogP contribution in [0.2, 0.25) is 0 Å². The second kappa shape index (κ2) is 13.3. The van der Waals surface area contributed by atoms with Crippen molar-refractivity contribution in [3.05, 3.63) is 35.9 Å². The molecule has 0 aliphatic carbocycles. The van der Waals surface area contributed by atoms with E-state index < -0.39 is 18.1 Å². The lowest BCUT2D eigenvalue weighted by molar-refractivity contribution is -0.146. The van der Waals surface area contributed by atoms with Gasteiger partial charge in [0.05, 0.1) is 13.2 Å². The summed E-state index contributed by atoms with van der Waals surface area (Å²) in [6, 6.07) is 8.83. The minimum Gasteiger partial charge on any atom is -0.464 e. The number of benzene rings is 1. The molecule has 5 heteroatoms. The van der Waals surface area contributed by atoms with Crippen molar-refractivity contribution in [3.8, 4) is 0 Å². The summed E-state index contributed by atoms with van der Waals surface area (Å²) < 4.78 is 10.4. The Hall–Kier alpha value is -2.04. The van der Waals surface area contributed by atoms with Crippen molar-refractivity contribution in [2.24, 2.45) is 0 Å². The summed E-state index contributed by atoms with van der Waals surface area (Å²) in [6.45, 7) is 4.80. The minimum atomic E-state index is -0.734. The summed E-state index contributed by atoms with van der Waals surface area (Å²) in [5, 5.41) is 2.63. The van der Waals surface area contributed by atoms with Gasteiger partial charge in [-0.2, -0.15) is 0 Å². The number of ether oxygens (including phenoxy) is 2. The molecule has 140 valence electrons. The molecule has 1 N–H and O–H groups in total. The molecule has 0 fully saturated rings. The van der Waals surface area contributed by atoms with Crippen molar-refractivity contribution >= 4 is 12.1 Å². The topological polar surface area (TPSA) is 64.6 Å². The van der Waals surface area contributed by atoms with Crippen molar-refractivity contribution in [3.63, 3.8) is 0 Å². The molecule has 0 aliphatic heterocycles. The van der Waals surface area contributed by atoms with Gasteiger partial charge in [-0.3, -0.25) is 0 Å². The quantitative estimate of drug-likeness (QED) is 0.453. The highest BCUT2D eigenvalue weighted by atomic mass is 16.6. The number of amides is 1. The molecule has 0 saturated carbocycles. The molecule has 0 bridgehead atoms. The molecule has 1 atom stereocenters. The van der Waals surface area contributed by atoms with Gasteiger partial charge in [-0.1, -0.05) is 69.9 Å². The molecule has 0 unspecified atom stereocenters. The highest BCUT2D eigenvalue weighted by Crippen LogP contribution is 2.07. The molecule has 0 aliphatic rings. The van der Waals surface area contributed by atoms with E-state index >= 15 is 0 Å². The summed E-state index contributed by atoms with van der Waals surface area (Å²) in [6.07, 6.45) is 5.99. The van der Waals surface area contributed by atoms with E-state index in [-0.39, 0.29) is 0 Å². The Bertz CT molecular complexity index is 490. The maximum atomic E-state index is 12.4. The van der Waals surface area contributed by atoms with Gasteiger partial charge in [-0.25, -0.2) is 9.59 Å². The zero-order chi connectivity index (χ0) is 18.3. The van der Waals surface area contributed by atoms with E-state index in [0.29, 0.717) is 19.6 Å². The van der Waals surface area contributed by atoms with Crippen molar-refractivity contribution in [2.45, 2.75) is 64.8 Å². The monoisotopic (exact) mass is 349 g/mol. The molecule has 1 rings (SSSR count). The fourth-order valence-electron chi connectivity index (χ4n) is 2.40. The molecular formula is C20H31NO4. The van der Waals surface area contributed by atoms with Gasteiger partial charge in [0.2, 0.25) is 0 Å². The molecule has 1 aromatic carbocycles. The second-order valence-electron chi connectivity index (χ2n) is 6.10. The Kier molecular flexibility index (Phi) is 11.2. The van der Waals surface area contributed by atoms with Crippen molar-refractivity contribution in [2.75, 3.05) is 13.2 Å². The van der Waals surface area contributed by atoms with Crippen LogP contribution in [0.4, 0.5) is 4.79 Å². The number of alkyl carbamates (subject to hydrolysis) is 1. The first-order valence-electron chi connectivity index (χ1n) is 9.31. The van der Waals surface area contributed by atoms with Gasteiger partial charge < -0.3 is 14.8 Å². The highest BCUT2D eigenvalue weighted by molar-refractivity contribution is 5.81. The molecule has 0 aromatic heterocycles. The number of carbonyl (C=O) groups is 2. The molecule has 0 heterocycles. The maximum Gasteiger partial charge on any atom is 0.407 e. The van der Waals surface area contributed by atoms with Gasteiger partial charge in [0.15, 0.2) is 0 Å². The molecule has 1 aromatic rings. The first kappa shape index (κ1) is 21.0. The van der Waals surface area contributed by atoms with E-state index in [0.717, 1.165) is 31.2 Å². The van der Waals surface area contributed by atoms with Crippen LogP contribution in [0, 0.1) is 0 Å². The predicted molar refractivity (Wildman–Crippen MR) is 98.4 cm³/mol. The number of hydrogen-bond acceptors (Lipinski definition) is 4. The van der Waals surface area contributed by atoms with Crippen LogP contribution in [0.3, 0.4) is 0 Å². The smallest absolute Gasteiger partial charge is 0.407 e. The normalized spacial score (nSPS) is 11.6. The Morgan fingerprint density at radius 1 is 0.920 bits per heavy atom. The summed E-state index contributed by atoms with van der Waals surface area (Å²) in [5.74, 6) is -0.409. The number of carbonyl (C=O) groups excluding carboxylic acids is 2. The lowest BCUT2D eigenvalue weighted by atomic mass is 10.1. The van der Waals surface area contributed by atoms with E-state index in [4.69, 9.17) is 9.47 Å². The largest absolute Gasteiger partial charge is 0.464 e. The van der Waals surface area contributed by atoms with Crippen molar-refractivity contribution < 1.29 is 19.1 Å². The molecule has 0 spiro atoms. The number of hydrogen-bond donors (Lipinski definition) is 1. The summed E-state index contributed by atoms with van der Waals surface area (Å²) in [7, 11) is 0. The summed E-state index contributed by atoms with van der Waals surface area (Å²) >= 11 is 0. The third-order valence-corrected chi connectivity index (χ3v) is 3.79. The van der Waals surface area contributed by atoms with Crippen LogP contribution in [-0.2, 0) is 20.7 Å². The third-order valence-electron chi connectivity index (χ3n) is 3.79. The summed E-state index contributed by atoms with van der Waals surface area (Å²) in [4.78, 5) is 24.2. The third kappa shape index (κ3) is 9.75. The van der Waals surface area contributed by atoms with Crippen LogP contribution in [0.5, 0.6) is 0 Å². The average molecular weight is 349 g/mol.